The number of para-hydroxylation sites is 1. The molecule has 1 amide bonds. The van der Waals surface area contributed by atoms with Crippen LogP contribution in [0.4, 0.5) is 0 Å². The Balaban J connectivity index is 1.58. The minimum Gasteiger partial charge on any atom is -0.494 e. The van der Waals surface area contributed by atoms with Crippen molar-refractivity contribution in [2.45, 2.75) is 32.9 Å². The molecule has 1 aliphatic rings. The molecule has 0 radical (unpaired) electrons. The molecule has 6 heteroatoms. The van der Waals surface area contributed by atoms with Crippen molar-refractivity contribution in [1.82, 2.24) is 10.3 Å². The highest BCUT2D eigenvalue weighted by Gasteiger charge is 2.22. The van der Waals surface area contributed by atoms with Crippen LogP contribution in [0.15, 0.2) is 47.4 Å². The number of fused-ring (bicyclic) bond motifs is 2. The van der Waals surface area contributed by atoms with Crippen molar-refractivity contribution in [3.63, 3.8) is 0 Å². The zero-order valence-corrected chi connectivity index (χ0v) is 15.9. The topological polar surface area (TPSA) is 80.4 Å². The first-order valence-electron chi connectivity index (χ1n) is 9.40. The van der Waals surface area contributed by atoms with Gasteiger partial charge in [0.2, 0.25) is 5.43 Å². The quantitative estimate of drug-likeness (QED) is 0.715. The van der Waals surface area contributed by atoms with Crippen LogP contribution >= 0.6 is 0 Å². The van der Waals surface area contributed by atoms with Crippen LogP contribution in [0.2, 0.25) is 0 Å². The number of carbonyl (C=O) groups is 1. The molecule has 0 fully saturated rings. The molecule has 144 valence electrons. The first kappa shape index (κ1) is 18.1. The van der Waals surface area contributed by atoms with Crippen LogP contribution < -0.4 is 20.2 Å². The van der Waals surface area contributed by atoms with Crippen LogP contribution in [0.1, 0.15) is 35.3 Å². The van der Waals surface area contributed by atoms with Gasteiger partial charge in [0, 0.05) is 41.2 Å². The zero-order chi connectivity index (χ0) is 19.7. The highest BCUT2D eigenvalue weighted by molar-refractivity contribution is 5.97. The van der Waals surface area contributed by atoms with Gasteiger partial charge in [-0.15, -0.1) is 0 Å². The molecule has 0 aliphatic carbocycles. The second kappa shape index (κ2) is 7.38. The van der Waals surface area contributed by atoms with Crippen molar-refractivity contribution < 1.29 is 14.3 Å². The summed E-state index contributed by atoms with van der Waals surface area (Å²) in [5, 5.41) is 3.32. The van der Waals surface area contributed by atoms with E-state index < -0.39 is 5.91 Å². The Bertz CT molecular complexity index is 1100. The summed E-state index contributed by atoms with van der Waals surface area (Å²) >= 11 is 0. The Kier molecular flexibility index (Phi) is 4.77. The van der Waals surface area contributed by atoms with Crippen molar-refractivity contribution >= 4 is 16.8 Å². The summed E-state index contributed by atoms with van der Waals surface area (Å²) in [6.45, 7) is 4.71. The molecule has 1 aromatic heterocycles. The molecular formula is C22H22N2O4. The van der Waals surface area contributed by atoms with Gasteiger partial charge in [-0.25, -0.2) is 0 Å². The Labute approximate surface area is 162 Å². The number of benzene rings is 2. The summed E-state index contributed by atoms with van der Waals surface area (Å²) in [6, 6.07) is 11.0. The van der Waals surface area contributed by atoms with Crippen LogP contribution in [-0.4, -0.2) is 23.6 Å². The Morgan fingerprint density at radius 3 is 2.96 bits per heavy atom. The van der Waals surface area contributed by atoms with E-state index in [1.54, 1.807) is 18.2 Å². The van der Waals surface area contributed by atoms with Gasteiger partial charge in [0.05, 0.1) is 6.61 Å². The zero-order valence-electron chi connectivity index (χ0n) is 15.9. The molecule has 3 aromatic rings. The molecule has 0 saturated carbocycles. The molecule has 1 atom stereocenters. The number of nitrogens with one attached hydrogen (secondary N) is 2. The van der Waals surface area contributed by atoms with Crippen LogP contribution in [0.3, 0.4) is 0 Å². The van der Waals surface area contributed by atoms with Gasteiger partial charge < -0.3 is 19.8 Å². The third-order valence-corrected chi connectivity index (χ3v) is 4.85. The standard InChI is InChI=1S/C22H22N2O4/c1-3-27-19-9-14-8-13(2)28-20(14)10-15(19)11-24-22(26)17-12-23-18-7-5-4-6-16(18)21(17)25/h4-7,9-10,12-13H,3,8,11H2,1-2H3,(H,23,25)(H,24,26). The maximum absolute atomic E-state index is 12.6. The van der Waals surface area contributed by atoms with E-state index in [1.165, 1.54) is 6.20 Å². The number of hydrogen-bond acceptors (Lipinski definition) is 4. The van der Waals surface area contributed by atoms with E-state index in [-0.39, 0.29) is 23.6 Å². The Morgan fingerprint density at radius 2 is 2.14 bits per heavy atom. The summed E-state index contributed by atoms with van der Waals surface area (Å²) in [4.78, 5) is 28.3. The van der Waals surface area contributed by atoms with E-state index in [1.807, 2.05) is 32.0 Å². The first-order chi connectivity index (χ1) is 13.6. The second-order valence-electron chi connectivity index (χ2n) is 6.89. The number of aromatic amines is 1. The smallest absolute Gasteiger partial charge is 0.257 e. The monoisotopic (exact) mass is 378 g/mol. The molecule has 6 nitrogen and oxygen atoms in total. The molecule has 2 aromatic carbocycles. The number of rotatable bonds is 5. The van der Waals surface area contributed by atoms with Gasteiger partial charge in [0.1, 0.15) is 23.2 Å². The Morgan fingerprint density at radius 1 is 1.32 bits per heavy atom. The fourth-order valence-corrected chi connectivity index (χ4v) is 3.52. The maximum atomic E-state index is 12.6. The maximum Gasteiger partial charge on any atom is 0.257 e. The third-order valence-electron chi connectivity index (χ3n) is 4.85. The number of pyridine rings is 1. The molecule has 28 heavy (non-hydrogen) atoms. The van der Waals surface area contributed by atoms with Crippen molar-refractivity contribution in [2.24, 2.45) is 0 Å². The number of hydrogen-bond donors (Lipinski definition) is 2. The molecule has 0 spiro atoms. The molecule has 0 saturated heterocycles. The fraction of sp³-hybridized carbons (Fsp3) is 0.273. The molecule has 1 unspecified atom stereocenters. The van der Waals surface area contributed by atoms with Crippen molar-refractivity contribution in [1.29, 1.82) is 0 Å². The van der Waals surface area contributed by atoms with Gasteiger partial charge in [0.25, 0.3) is 5.91 Å². The van der Waals surface area contributed by atoms with Crippen molar-refractivity contribution in [2.75, 3.05) is 6.61 Å². The summed E-state index contributed by atoms with van der Waals surface area (Å²) in [7, 11) is 0. The summed E-state index contributed by atoms with van der Waals surface area (Å²) < 4.78 is 11.6. The lowest BCUT2D eigenvalue weighted by molar-refractivity contribution is 0.0949. The van der Waals surface area contributed by atoms with Gasteiger partial charge in [-0.3, -0.25) is 9.59 Å². The van der Waals surface area contributed by atoms with Gasteiger partial charge in [0.15, 0.2) is 0 Å². The number of carbonyl (C=O) groups excluding carboxylic acids is 1. The van der Waals surface area contributed by atoms with Crippen molar-refractivity contribution in [3.05, 3.63) is 69.5 Å². The summed E-state index contributed by atoms with van der Waals surface area (Å²) in [6.07, 6.45) is 2.43. The molecule has 0 bridgehead atoms. The summed E-state index contributed by atoms with van der Waals surface area (Å²) in [5.41, 5.74) is 2.43. The lowest BCUT2D eigenvalue weighted by Crippen LogP contribution is -2.28. The molecule has 2 heterocycles. The molecule has 4 rings (SSSR count). The lowest BCUT2D eigenvalue weighted by Gasteiger charge is -2.13. The van der Waals surface area contributed by atoms with Gasteiger partial charge in [-0.2, -0.15) is 0 Å². The van der Waals surface area contributed by atoms with Crippen LogP contribution in [0.5, 0.6) is 11.5 Å². The highest BCUT2D eigenvalue weighted by Crippen LogP contribution is 2.35. The van der Waals surface area contributed by atoms with E-state index >= 15 is 0 Å². The average Bonchev–Trinajstić information content (AvgIpc) is 3.05. The number of aromatic nitrogens is 1. The van der Waals surface area contributed by atoms with Crippen LogP contribution in [-0.2, 0) is 13.0 Å². The average molecular weight is 378 g/mol. The normalized spacial score (nSPS) is 15.1. The fourth-order valence-electron chi connectivity index (χ4n) is 3.52. The van der Waals surface area contributed by atoms with E-state index in [0.717, 1.165) is 29.0 Å². The minimum absolute atomic E-state index is 0.0858. The van der Waals surface area contributed by atoms with Crippen LogP contribution in [0, 0.1) is 0 Å². The number of amides is 1. The van der Waals surface area contributed by atoms with E-state index in [9.17, 15) is 9.59 Å². The number of ether oxygens (including phenoxy) is 2. The Hall–Kier alpha value is -3.28. The third kappa shape index (κ3) is 3.33. The van der Waals surface area contributed by atoms with Gasteiger partial charge in [-0.05, 0) is 38.1 Å². The minimum atomic E-state index is -0.427. The predicted molar refractivity (Wildman–Crippen MR) is 107 cm³/mol. The van der Waals surface area contributed by atoms with Crippen molar-refractivity contribution in [3.8, 4) is 11.5 Å². The summed E-state index contributed by atoms with van der Waals surface area (Å²) in [5.74, 6) is 1.12. The SMILES string of the molecule is CCOc1cc2c(cc1CNC(=O)c1c[nH]c3ccccc3c1=O)OC(C)C2. The van der Waals surface area contributed by atoms with E-state index in [4.69, 9.17) is 9.47 Å². The second-order valence-corrected chi connectivity index (χ2v) is 6.89. The van der Waals surface area contributed by atoms with Gasteiger partial charge in [-0.1, -0.05) is 12.1 Å². The van der Waals surface area contributed by atoms with Crippen LogP contribution in [0.25, 0.3) is 10.9 Å². The largest absolute Gasteiger partial charge is 0.494 e. The molecule has 1 aliphatic heterocycles. The highest BCUT2D eigenvalue weighted by atomic mass is 16.5. The van der Waals surface area contributed by atoms with Gasteiger partial charge >= 0.3 is 0 Å². The lowest BCUT2D eigenvalue weighted by atomic mass is 10.1. The predicted octanol–water partition coefficient (Wildman–Crippen LogP) is 3.18. The number of H-pyrrole nitrogens is 1. The molecule has 2 N–H and O–H groups in total. The first-order valence-corrected chi connectivity index (χ1v) is 9.40. The molecular weight excluding hydrogens is 356 g/mol. The van der Waals surface area contributed by atoms with E-state index in [0.29, 0.717) is 17.5 Å². The van der Waals surface area contributed by atoms with E-state index in [2.05, 4.69) is 10.3 Å².